The summed E-state index contributed by atoms with van der Waals surface area (Å²) in [4.78, 5) is 25.6. The summed E-state index contributed by atoms with van der Waals surface area (Å²) in [6.07, 6.45) is 6.31. The van der Waals surface area contributed by atoms with Gasteiger partial charge < -0.3 is 10.1 Å². The minimum absolute atomic E-state index is 0.181. The minimum Gasteiger partial charge on any atom is -0.501 e. The van der Waals surface area contributed by atoms with Crippen LogP contribution >= 0.6 is 0 Å². The summed E-state index contributed by atoms with van der Waals surface area (Å²) in [6.45, 7) is 13.1. The largest absolute Gasteiger partial charge is 0.501 e. The standard InChI is InChI=1S/C24H28FNO3.C2H6/c1-6-18(13-15(2)24(28)26-21-11-8-12-21)23(27)22(17(4)29-5)16(3)19-9-7-10-20(25)14-19;1-2/h6-7,9-10,13-14,21H,3,8,11-12H2,1-2,4-5H3,(H,26,28);1-2H3/b15-13+,18-6+,22-17+;. The van der Waals surface area contributed by atoms with Gasteiger partial charge in [0.15, 0.2) is 5.78 Å². The summed E-state index contributed by atoms with van der Waals surface area (Å²) in [7, 11) is 1.46. The molecule has 0 heterocycles. The van der Waals surface area contributed by atoms with Crippen molar-refractivity contribution in [2.45, 2.75) is 59.9 Å². The molecule has 0 radical (unpaired) electrons. The number of ketones is 1. The van der Waals surface area contributed by atoms with Gasteiger partial charge in [0.05, 0.1) is 12.7 Å². The summed E-state index contributed by atoms with van der Waals surface area (Å²) >= 11 is 0. The molecule has 0 saturated heterocycles. The lowest BCUT2D eigenvalue weighted by Crippen LogP contribution is -2.39. The van der Waals surface area contributed by atoms with E-state index in [0.717, 1.165) is 19.3 Å². The number of halogens is 1. The Labute approximate surface area is 185 Å². The molecule has 5 heteroatoms. The van der Waals surface area contributed by atoms with E-state index in [1.165, 1.54) is 19.2 Å². The second-order valence-corrected chi connectivity index (χ2v) is 7.13. The molecule has 0 aliphatic heterocycles. The van der Waals surface area contributed by atoms with Crippen molar-refractivity contribution in [1.29, 1.82) is 0 Å². The van der Waals surface area contributed by atoms with Gasteiger partial charge in [0, 0.05) is 17.2 Å². The highest BCUT2D eigenvalue weighted by molar-refractivity contribution is 6.20. The third kappa shape index (κ3) is 7.06. The van der Waals surface area contributed by atoms with E-state index < -0.39 is 5.82 Å². The SMILES string of the molecule is C=C(/C(C(=O)C(/C=C(\C)C(=O)NC1CCC1)=C/C)=C(/C)OC)c1cccc(F)c1.CC. The summed E-state index contributed by atoms with van der Waals surface area (Å²) in [6, 6.07) is 6.11. The van der Waals surface area contributed by atoms with Crippen molar-refractivity contribution in [3.63, 3.8) is 0 Å². The van der Waals surface area contributed by atoms with Gasteiger partial charge in [-0.3, -0.25) is 9.59 Å². The first kappa shape index (κ1) is 26.1. The number of rotatable bonds is 8. The lowest BCUT2D eigenvalue weighted by atomic mass is 9.90. The molecule has 2 rings (SSSR count). The topological polar surface area (TPSA) is 55.4 Å². The maximum Gasteiger partial charge on any atom is 0.247 e. The first-order valence-corrected chi connectivity index (χ1v) is 10.7. The maximum absolute atomic E-state index is 13.7. The summed E-state index contributed by atoms with van der Waals surface area (Å²) < 4.78 is 19.0. The second kappa shape index (κ2) is 12.7. The molecule has 1 fully saturated rings. The van der Waals surface area contributed by atoms with Crippen LogP contribution in [0, 0.1) is 5.82 Å². The van der Waals surface area contributed by atoms with Gasteiger partial charge in [0.2, 0.25) is 5.91 Å². The highest BCUT2D eigenvalue weighted by Crippen LogP contribution is 2.28. The van der Waals surface area contributed by atoms with E-state index in [-0.39, 0.29) is 23.3 Å². The number of methoxy groups -OCH3 is 1. The van der Waals surface area contributed by atoms with Crippen LogP contribution in [0.25, 0.3) is 5.57 Å². The van der Waals surface area contributed by atoms with Crippen molar-refractivity contribution in [2.75, 3.05) is 7.11 Å². The van der Waals surface area contributed by atoms with Crippen molar-refractivity contribution in [3.8, 4) is 0 Å². The predicted molar refractivity (Wildman–Crippen MR) is 125 cm³/mol. The number of benzene rings is 1. The van der Waals surface area contributed by atoms with Crippen molar-refractivity contribution in [1.82, 2.24) is 5.32 Å². The molecule has 1 aliphatic rings. The Morgan fingerprint density at radius 1 is 1.23 bits per heavy atom. The van der Waals surface area contributed by atoms with Crippen LogP contribution in [0.1, 0.15) is 59.4 Å². The number of amides is 1. The quantitative estimate of drug-likeness (QED) is 0.318. The van der Waals surface area contributed by atoms with Gasteiger partial charge in [0.25, 0.3) is 0 Å². The van der Waals surface area contributed by atoms with E-state index in [4.69, 9.17) is 4.74 Å². The Morgan fingerprint density at radius 3 is 2.35 bits per heavy atom. The number of hydrogen-bond acceptors (Lipinski definition) is 3. The zero-order valence-corrected chi connectivity index (χ0v) is 19.5. The van der Waals surface area contributed by atoms with Gasteiger partial charge in [-0.05, 0) is 69.4 Å². The Balaban J connectivity index is 0.00000233. The molecule has 168 valence electrons. The van der Waals surface area contributed by atoms with Crippen molar-refractivity contribution in [2.24, 2.45) is 0 Å². The van der Waals surface area contributed by atoms with Gasteiger partial charge in [-0.15, -0.1) is 0 Å². The molecule has 1 N–H and O–H groups in total. The molecule has 1 aliphatic carbocycles. The fourth-order valence-electron chi connectivity index (χ4n) is 3.01. The average Bonchev–Trinajstić information content (AvgIpc) is 2.75. The first-order valence-electron chi connectivity index (χ1n) is 10.7. The fourth-order valence-corrected chi connectivity index (χ4v) is 3.01. The Morgan fingerprint density at radius 2 is 1.87 bits per heavy atom. The van der Waals surface area contributed by atoms with Crippen molar-refractivity contribution < 1.29 is 18.7 Å². The van der Waals surface area contributed by atoms with Gasteiger partial charge in [-0.2, -0.15) is 0 Å². The van der Waals surface area contributed by atoms with Crippen molar-refractivity contribution >= 4 is 17.3 Å². The van der Waals surface area contributed by atoms with Crippen LogP contribution in [0.5, 0.6) is 0 Å². The second-order valence-electron chi connectivity index (χ2n) is 7.13. The molecule has 1 amide bonds. The van der Waals surface area contributed by atoms with E-state index in [1.54, 1.807) is 45.1 Å². The highest BCUT2D eigenvalue weighted by Gasteiger charge is 2.23. The molecule has 0 atom stereocenters. The molecule has 0 unspecified atom stereocenters. The molecule has 0 spiro atoms. The Kier molecular flexibility index (Phi) is 10.7. The van der Waals surface area contributed by atoms with Crippen molar-refractivity contribution in [3.05, 3.63) is 76.9 Å². The summed E-state index contributed by atoms with van der Waals surface area (Å²) in [5.41, 5.74) is 1.89. The first-order chi connectivity index (χ1) is 14.8. The van der Waals surface area contributed by atoms with Gasteiger partial charge in [0.1, 0.15) is 11.6 Å². The number of carbonyl (C=O) groups is 2. The Bertz CT molecular complexity index is 905. The number of ether oxygens (including phenoxy) is 1. The molecule has 0 bridgehead atoms. The van der Waals surface area contributed by atoms with Crippen LogP contribution in [0.4, 0.5) is 4.39 Å². The van der Waals surface area contributed by atoms with E-state index in [1.807, 2.05) is 13.8 Å². The maximum atomic E-state index is 13.7. The van der Waals surface area contributed by atoms with Gasteiger partial charge >= 0.3 is 0 Å². The zero-order valence-electron chi connectivity index (χ0n) is 19.5. The molecule has 4 nitrogen and oxygen atoms in total. The molecule has 1 saturated carbocycles. The molecule has 31 heavy (non-hydrogen) atoms. The van der Waals surface area contributed by atoms with E-state index in [2.05, 4.69) is 11.9 Å². The fraction of sp³-hybridized carbons (Fsp3) is 0.385. The van der Waals surface area contributed by atoms with E-state index in [0.29, 0.717) is 28.0 Å². The number of hydrogen-bond donors (Lipinski definition) is 1. The van der Waals surface area contributed by atoms with Crippen LogP contribution in [0.15, 0.2) is 65.5 Å². The predicted octanol–water partition coefficient (Wildman–Crippen LogP) is 5.92. The van der Waals surface area contributed by atoms with Crippen LogP contribution in [0.3, 0.4) is 0 Å². The third-order valence-corrected chi connectivity index (χ3v) is 5.10. The van der Waals surface area contributed by atoms with Crippen LogP contribution in [0.2, 0.25) is 0 Å². The summed E-state index contributed by atoms with van der Waals surface area (Å²) in [5, 5.41) is 2.96. The molecule has 1 aromatic rings. The zero-order chi connectivity index (χ0) is 23.6. The average molecular weight is 428 g/mol. The monoisotopic (exact) mass is 427 g/mol. The van der Waals surface area contributed by atoms with Crippen LogP contribution in [-0.2, 0) is 14.3 Å². The highest BCUT2D eigenvalue weighted by atomic mass is 19.1. The number of carbonyl (C=O) groups excluding carboxylic acids is 2. The smallest absolute Gasteiger partial charge is 0.247 e. The number of nitrogens with one attached hydrogen (secondary N) is 1. The number of allylic oxidation sites excluding steroid dienone is 6. The lowest BCUT2D eigenvalue weighted by molar-refractivity contribution is -0.118. The molecule has 0 aromatic heterocycles. The molecule has 1 aromatic carbocycles. The molecular weight excluding hydrogens is 393 g/mol. The van der Waals surface area contributed by atoms with Crippen LogP contribution < -0.4 is 5.32 Å². The van der Waals surface area contributed by atoms with E-state index >= 15 is 0 Å². The Hall–Kier alpha value is -2.95. The van der Waals surface area contributed by atoms with E-state index in [9.17, 15) is 14.0 Å². The molecular formula is C26H34FNO3. The number of Topliss-reactive ketones (excluding diaryl/α,β-unsaturated/α-hetero) is 1. The normalized spacial score (nSPS) is 15.1. The van der Waals surface area contributed by atoms with Gasteiger partial charge in [-0.25, -0.2) is 4.39 Å². The summed E-state index contributed by atoms with van der Waals surface area (Å²) in [5.74, 6) is -0.564. The lowest BCUT2D eigenvalue weighted by Gasteiger charge is -2.26. The minimum atomic E-state index is -0.416. The third-order valence-electron chi connectivity index (χ3n) is 5.10. The van der Waals surface area contributed by atoms with Gasteiger partial charge in [-0.1, -0.05) is 38.6 Å². The van der Waals surface area contributed by atoms with Crippen LogP contribution in [-0.4, -0.2) is 24.8 Å².